The highest BCUT2D eigenvalue weighted by atomic mass is 16.3. The molecule has 348 valence electrons. The fourth-order valence-corrected chi connectivity index (χ4v) is 12.7. The van der Waals surface area contributed by atoms with Gasteiger partial charge >= 0.3 is 0 Å². The molecule has 5 nitrogen and oxygen atoms in total. The van der Waals surface area contributed by atoms with Crippen molar-refractivity contribution in [1.82, 2.24) is 19.5 Å². The molecule has 1 spiro atoms. The summed E-state index contributed by atoms with van der Waals surface area (Å²) in [5, 5.41) is 4.34. The molecule has 0 amide bonds. The summed E-state index contributed by atoms with van der Waals surface area (Å²) in [7, 11) is 0. The zero-order valence-corrected chi connectivity index (χ0v) is 40.4. The van der Waals surface area contributed by atoms with Crippen molar-refractivity contribution >= 4 is 43.7 Å². The number of aromatic nitrogens is 4. The maximum atomic E-state index is 6.62. The predicted molar refractivity (Wildman–Crippen MR) is 305 cm³/mol. The van der Waals surface area contributed by atoms with Crippen LogP contribution in [0.1, 0.15) is 22.3 Å². The highest BCUT2D eigenvalue weighted by Gasteiger charge is 2.52. The summed E-state index contributed by atoms with van der Waals surface area (Å²) in [6.07, 6.45) is 0. The van der Waals surface area contributed by atoms with E-state index in [2.05, 4.69) is 187 Å². The highest BCUT2D eigenvalue weighted by molar-refractivity contribution is 6.15. The summed E-state index contributed by atoms with van der Waals surface area (Å²) in [6.45, 7) is 0. The van der Waals surface area contributed by atoms with Gasteiger partial charge in [0.1, 0.15) is 11.2 Å². The van der Waals surface area contributed by atoms with E-state index in [9.17, 15) is 0 Å². The summed E-state index contributed by atoms with van der Waals surface area (Å²) in [5.41, 5.74) is 22.5. The molecular weight excluding hydrogens is 913 g/mol. The molecule has 3 heterocycles. The fraction of sp³-hybridized carbons (Fsp3) is 0.0143. The molecule has 75 heavy (non-hydrogen) atoms. The van der Waals surface area contributed by atoms with Crippen molar-refractivity contribution in [2.75, 3.05) is 0 Å². The molecule has 0 N–H and O–H groups in total. The molecular formula is C70H42N4O. The average Bonchev–Trinajstić information content (AvgIpc) is 4.29. The standard InChI is InChI=1S/C70H42N4O/c1-4-18-43(19-5-1)67-71-68(44-20-6-2-7-21-44)73-69(72-67)53-28-17-33-64-66(53)56-41-46(36-39-63(56)75-64)45-34-37-61-54(40-45)55-42-47(35-38-62(55)74(61)48-22-8-3-9-23-48)49-27-16-32-60-65(49)52-26-12-15-31-59(52)70(60)57-29-13-10-24-50(57)51-25-11-14-30-58(51)70/h1-42H. The van der Waals surface area contributed by atoms with Gasteiger partial charge in [-0.1, -0.05) is 200 Å². The van der Waals surface area contributed by atoms with Crippen LogP contribution in [0, 0.1) is 0 Å². The second-order valence-corrected chi connectivity index (χ2v) is 19.8. The first kappa shape index (κ1) is 41.6. The third kappa shape index (κ3) is 6.04. The number of hydrogen-bond acceptors (Lipinski definition) is 4. The van der Waals surface area contributed by atoms with Gasteiger partial charge in [0.2, 0.25) is 0 Å². The van der Waals surface area contributed by atoms with E-state index in [0.29, 0.717) is 17.5 Å². The Kier molecular flexibility index (Phi) is 8.89. The van der Waals surface area contributed by atoms with Gasteiger partial charge in [-0.05, 0) is 121 Å². The van der Waals surface area contributed by atoms with E-state index in [0.717, 1.165) is 66.5 Å². The zero-order valence-electron chi connectivity index (χ0n) is 40.4. The van der Waals surface area contributed by atoms with Gasteiger partial charge in [0.15, 0.2) is 17.5 Å². The van der Waals surface area contributed by atoms with Gasteiger partial charge in [-0.15, -0.1) is 0 Å². The van der Waals surface area contributed by atoms with Crippen LogP contribution in [0.3, 0.4) is 0 Å². The molecule has 0 unspecified atom stereocenters. The van der Waals surface area contributed by atoms with Gasteiger partial charge in [0.05, 0.1) is 16.4 Å². The minimum atomic E-state index is -0.416. The maximum absolute atomic E-state index is 6.62. The molecule has 14 aromatic rings. The second-order valence-electron chi connectivity index (χ2n) is 19.8. The Hall–Kier alpha value is -9.97. The fourth-order valence-electron chi connectivity index (χ4n) is 12.7. The number of nitrogens with zero attached hydrogens (tertiary/aromatic N) is 4. The second kappa shape index (κ2) is 16.0. The monoisotopic (exact) mass is 954 g/mol. The molecule has 0 saturated carbocycles. The van der Waals surface area contributed by atoms with Gasteiger partial charge < -0.3 is 8.98 Å². The van der Waals surface area contributed by atoms with Gasteiger partial charge in [-0.2, -0.15) is 0 Å². The molecule has 16 rings (SSSR count). The molecule has 0 radical (unpaired) electrons. The Bertz CT molecular complexity index is 4550. The van der Waals surface area contributed by atoms with Gasteiger partial charge in [-0.25, -0.2) is 15.0 Å². The predicted octanol–water partition coefficient (Wildman–Crippen LogP) is 17.5. The van der Waals surface area contributed by atoms with Crippen molar-refractivity contribution in [3.63, 3.8) is 0 Å². The van der Waals surface area contributed by atoms with Crippen LogP contribution < -0.4 is 0 Å². The number of benzene rings is 11. The molecule has 0 aliphatic heterocycles. The molecule has 0 fully saturated rings. The van der Waals surface area contributed by atoms with Gasteiger partial charge in [0, 0.05) is 43.9 Å². The first-order valence-electron chi connectivity index (χ1n) is 25.6. The van der Waals surface area contributed by atoms with Gasteiger partial charge in [0.25, 0.3) is 0 Å². The van der Waals surface area contributed by atoms with E-state index in [4.69, 9.17) is 19.4 Å². The van der Waals surface area contributed by atoms with Crippen molar-refractivity contribution < 1.29 is 4.42 Å². The summed E-state index contributed by atoms with van der Waals surface area (Å²) in [4.78, 5) is 15.3. The van der Waals surface area contributed by atoms with Crippen LogP contribution in [-0.4, -0.2) is 19.5 Å². The van der Waals surface area contributed by atoms with E-state index in [1.54, 1.807) is 0 Å². The largest absolute Gasteiger partial charge is 0.456 e. The van der Waals surface area contributed by atoms with E-state index < -0.39 is 5.41 Å². The zero-order chi connectivity index (χ0) is 49.2. The Morgan fingerprint density at radius 3 is 1.43 bits per heavy atom. The topological polar surface area (TPSA) is 56.7 Å². The number of furan rings is 1. The Balaban J connectivity index is 0.881. The summed E-state index contributed by atoms with van der Waals surface area (Å²) < 4.78 is 9.02. The SMILES string of the molecule is c1ccc(-c2nc(-c3ccccc3)nc(-c3cccc4oc5ccc(-c6ccc7c(c6)c6cc(-c8cccc9c8-c8ccccc8C98c9ccccc9-c9ccccc98)ccc6n7-c6ccccc6)cc5c34)n2)cc1. The first-order chi connectivity index (χ1) is 37.2. The van der Waals surface area contributed by atoms with Crippen LogP contribution in [0.5, 0.6) is 0 Å². The summed E-state index contributed by atoms with van der Waals surface area (Å²) >= 11 is 0. The van der Waals surface area contributed by atoms with E-state index in [-0.39, 0.29) is 0 Å². The lowest BCUT2D eigenvalue weighted by atomic mass is 9.70. The number of rotatable bonds is 6. The van der Waals surface area contributed by atoms with E-state index >= 15 is 0 Å². The Labute approximate surface area is 432 Å². The van der Waals surface area contributed by atoms with Gasteiger partial charge in [-0.3, -0.25) is 0 Å². The molecule has 0 atom stereocenters. The molecule has 2 aliphatic carbocycles. The van der Waals surface area contributed by atoms with Crippen molar-refractivity contribution in [2.45, 2.75) is 5.41 Å². The van der Waals surface area contributed by atoms with Crippen LogP contribution in [-0.2, 0) is 5.41 Å². The maximum Gasteiger partial charge on any atom is 0.164 e. The molecule has 0 saturated heterocycles. The normalized spacial score (nSPS) is 12.9. The van der Waals surface area contributed by atoms with Crippen molar-refractivity contribution in [3.8, 4) is 84.4 Å². The smallest absolute Gasteiger partial charge is 0.164 e. The quantitative estimate of drug-likeness (QED) is 0.167. The Morgan fingerprint density at radius 1 is 0.307 bits per heavy atom. The van der Waals surface area contributed by atoms with Crippen LogP contribution in [0.2, 0.25) is 0 Å². The highest BCUT2D eigenvalue weighted by Crippen LogP contribution is 2.64. The first-order valence-corrected chi connectivity index (χ1v) is 25.6. The molecule has 11 aromatic carbocycles. The molecule has 5 heteroatoms. The lowest BCUT2D eigenvalue weighted by molar-refractivity contribution is 0.669. The van der Waals surface area contributed by atoms with Crippen molar-refractivity contribution in [2.24, 2.45) is 0 Å². The minimum absolute atomic E-state index is 0.416. The van der Waals surface area contributed by atoms with Crippen LogP contribution >= 0.6 is 0 Å². The summed E-state index contributed by atoms with van der Waals surface area (Å²) in [5.74, 6) is 1.83. The van der Waals surface area contributed by atoms with E-state index in [1.807, 2.05) is 72.8 Å². The van der Waals surface area contributed by atoms with Crippen LogP contribution in [0.25, 0.3) is 128 Å². The number of fused-ring (bicyclic) bond motifs is 16. The average molecular weight is 955 g/mol. The molecule has 2 aliphatic rings. The number of hydrogen-bond donors (Lipinski definition) is 0. The third-order valence-electron chi connectivity index (χ3n) is 15.9. The van der Waals surface area contributed by atoms with Crippen LogP contribution in [0.4, 0.5) is 0 Å². The molecule has 0 bridgehead atoms. The summed E-state index contributed by atoms with van der Waals surface area (Å²) in [6, 6.07) is 91.8. The minimum Gasteiger partial charge on any atom is -0.456 e. The van der Waals surface area contributed by atoms with Crippen molar-refractivity contribution in [3.05, 3.63) is 277 Å². The number of para-hydroxylation sites is 1. The Morgan fingerprint density at radius 2 is 0.773 bits per heavy atom. The van der Waals surface area contributed by atoms with Crippen LogP contribution in [0.15, 0.2) is 259 Å². The van der Waals surface area contributed by atoms with Crippen molar-refractivity contribution in [1.29, 1.82) is 0 Å². The van der Waals surface area contributed by atoms with E-state index in [1.165, 1.54) is 66.4 Å². The third-order valence-corrected chi connectivity index (χ3v) is 15.9. The molecule has 3 aromatic heterocycles. The lowest BCUT2D eigenvalue weighted by Crippen LogP contribution is -2.25. The lowest BCUT2D eigenvalue weighted by Gasteiger charge is -2.30.